The normalized spacial score (nSPS) is 14.7. The number of hydrogen-bond donors (Lipinski definition) is 1. The van der Waals surface area contributed by atoms with Crippen molar-refractivity contribution < 1.29 is 4.74 Å². The predicted octanol–water partition coefficient (Wildman–Crippen LogP) is 2.65. The maximum absolute atomic E-state index is 5.23. The van der Waals surface area contributed by atoms with Crippen LogP contribution >= 0.6 is 0 Å². The van der Waals surface area contributed by atoms with Crippen LogP contribution in [-0.2, 0) is 4.74 Å². The number of aromatic nitrogens is 2. The third kappa shape index (κ3) is 3.82. The minimum Gasteiger partial charge on any atom is -0.383 e. The molecule has 1 heterocycles. The van der Waals surface area contributed by atoms with E-state index in [-0.39, 0.29) is 0 Å². The summed E-state index contributed by atoms with van der Waals surface area (Å²) in [4.78, 5) is 11.7. The molecule has 1 aliphatic carbocycles. The average molecular weight is 278 g/mol. The fraction of sp³-hybridized carbons (Fsp3) is 0.733. The summed E-state index contributed by atoms with van der Waals surface area (Å²) in [5.41, 5.74) is 0. The summed E-state index contributed by atoms with van der Waals surface area (Å²) in [6, 6.07) is 2.68. The van der Waals surface area contributed by atoms with E-state index >= 15 is 0 Å². The minimum atomic E-state index is 0.329. The van der Waals surface area contributed by atoms with Crippen LogP contribution in [0, 0.1) is 0 Å². The summed E-state index contributed by atoms with van der Waals surface area (Å²) in [5, 5.41) is 3.30. The van der Waals surface area contributed by atoms with Gasteiger partial charge < -0.3 is 15.0 Å². The third-order valence-corrected chi connectivity index (χ3v) is 3.42. The molecule has 0 amide bonds. The van der Waals surface area contributed by atoms with E-state index in [1.54, 1.807) is 7.11 Å². The zero-order chi connectivity index (χ0) is 14.5. The minimum absolute atomic E-state index is 0.329. The topological polar surface area (TPSA) is 50.3 Å². The second kappa shape index (κ2) is 6.88. The quantitative estimate of drug-likeness (QED) is 0.792. The number of methoxy groups -OCH3 is 1. The molecule has 0 unspecified atom stereocenters. The van der Waals surface area contributed by atoms with Crippen LogP contribution in [0.5, 0.6) is 0 Å². The van der Waals surface area contributed by atoms with Gasteiger partial charge in [0.2, 0.25) is 0 Å². The fourth-order valence-electron chi connectivity index (χ4n) is 2.19. The smallest absolute Gasteiger partial charge is 0.135 e. The Bertz CT molecular complexity index is 432. The first kappa shape index (κ1) is 15.0. The molecule has 5 heteroatoms. The number of nitrogens with zero attached hydrogens (tertiary/aromatic N) is 3. The molecule has 1 aromatic heterocycles. The van der Waals surface area contributed by atoms with Gasteiger partial charge in [-0.1, -0.05) is 13.8 Å². The zero-order valence-electron chi connectivity index (χ0n) is 13.0. The van der Waals surface area contributed by atoms with Crippen LogP contribution < -0.4 is 10.2 Å². The van der Waals surface area contributed by atoms with Crippen LogP contribution in [0.2, 0.25) is 0 Å². The van der Waals surface area contributed by atoms with Crippen LogP contribution in [0.4, 0.5) is 11.6 Å². The largest absolute Gasteiger partial charge is 0.383 e. The molecule has 1 N–H and O–H groups in total. The van der Waals surface area contributed by atoms with E-state index in [1.807, 2.05) is 0 Å². The number of nitrogens with one attached hydrogen (secondary N) is 1. The Hall–Kier alpha value is -1.36. The van der Waals surface area contributed by atoms with Crippen molar-refractivity contribution in [1.82, 2.24) is 9.97 Å². The molecule has 0 aliphatic heterocycles. The summed E-state index contributed by atoms with van der Waals surface area (Å²) in [5.74, 6) is 3.18. The molecule has 1 saturated carbocycles. The first-order valence-corrected chi connectivity index (χ1v) is 7.54. The van der Waals surface area contributed by atoms with Gasteiger partial charge in [0, 0.05) is 38.2 Å². The van der Waals surface area contributed by atoms with Crippen LogP contribution in [0.3, 0.4) is 0 Å². The lowest BCUT2D eigenvalue weighted by Gasteiger charge is -2.24. The standard InChI is InChI=1S/C15H26N4O/c1-5-16-13-10-14(18-15(17-13)11(2)3)19(8-9-20-4)12-6-7-12/h10-12H,5-9H2,1-4H3,(H,16,17,18). The van der Waals surface area contributed by atoms with Gasteiger partial charge in [0.25, 0.3) is 0 Å². The zero-order valence-corrected chi connectivity index (χ0v) is 13.0. The van der Waals surface area contributed by atoms with Crippen molar-refractivity contribution >= 4 is 11.6 Å². The van der Waals surface area contributed by atoms with Crippen LogP contribution in [0.25, 0.3) is 0 Å². The summed E-state index contributed by atoms with van der Waals surface area (Å²) < 4.78 is 5.23. The molecule has 2 rings (SSSR count). The maximum atomic E-state index is 5.23. The highest BCUT2D eigenvalue weighted by molar-refractivity contribution is 5.51. The van der Waals surface area contributed by atoms with Crippen molar-refractivity contribution in [2.45, 2.75) is 45.6 Å². The molecule has 20 heavy (non-hydrogen) atoms. The molecule has 0 bridgehead atoms. The molecular weight excluding hydrogens is 252 g/mol. The molecule has 0 spiro atoms. The Morgan fingerprint density at radius 1 is 1.40 bits per heavy atom. The highest BCUT2D eigenvalue weighted by Gasteiger charge is 2.30. The predicted molar refractivity (Wildman–Crippen MR) is 82.5 cm³/mol. The number of anilines is 2. The molecular formula is C15H26N4O. The molecule has 1 fully saturated rings. The molecule has 0 atom stereocenters. The lowest BCUT2D eigenvalue weighted by atomic mass is 10.2. The van der Waals surface area contributed by atoms with E-state index in [0.717, 1.165) is 37.2 Å². The van der Waals surface area contributed by atoms with E-state index in [9.17, 15) is 0 Å². The number of hydrogen-bond acceptors (Lipinski definition) is 5. The summed E-state index contributed by atoms with van der Waals surface area (Å²) >= 11 is 0. The van der Waals surface area contributed by atoms with Crippen molar-refractivity contribution in [3.8, 4) is 0 Å². The second-order valence-corrected chi connectivity index (χ2v) is 5.57. The Morgan fingerprint density at radius 3 is 2.70 bits per heavy atom. The van der Waals surface area contributed by atoms with Crippen molar-refractivity contribution in [3.05, 3.63) is 11.9 Å². The average Bonchev–Trinajstić information content (AvgIpc) is 3.24. The van der Waals surface area contributed by atoms with Crippen molar-refractivity contribution in [2.75, 3.05) is 37.0 Å². The Labute approximate surface area is 121 Å². The summed E-state index contributed by atoms with van der Waals surface area (Å²) in [6.07, 6.45) is 2.50. The van der Waals surface area contributed by atoms with Crippen LogP contribution in [0.15, 0.2) is 6.07 Å². The van der Waals surface area contributed by atoms with Gasteiger partial charge in [0.15, 0.2) is 0 Å². The molecule has 0 aromatic carbocycles. The van der Waals surface area contributed by atoms with Gasteiger partial charge in [-0.25, -0.2) is 9.97 Å². The lowest BCUT2D eigenvalue weighted by Crippen LogP contribution is -2.30. The van der Waals surface area contributed by atoms with Crippen molar-refractivity contribution in [3.63, 3.8) is 0 Å². The van der Waals surface area contributed by atoms with E-state index in [2.05, 4.69) is 42.0 Å². The first-order valence-electron chi connectivity index (χ1n) is 7.54. The molecule has 112 valence electrons. The monoisotopic (exact) mass is 278 g/mol. The second-order valence-electron chi connectivity index (χ2n) is 5.57. The van der Waals surface area contributed by atoms with Gasteiger partial charge in [-0.05, 0) is 19.8 Å². The van der Waals surface area contributed by atoms with Gasteiger partial charge in [-0.3, -0.25) is 0 Å². The number of rotatable bonds is 8. The molecule has 5 nitrogen and oxygen atoms in total. The van der Waals surface area contributed by atoms with Gasteiger partial charge in [-0.2, -0.15) is 0 Å². The summed E-state index contributed by atoms with van der Waals surface area (Å²) in [7, 11) is 1.74. The highest BCUT2D eigenvalue weighted by Crippen LogP contribution is 2.31. The van der Waals surface area contributed by atoms with Crippen molar-refractivity contribution in [1.29, 1.82) is 0 Å². The van der Waals surface area contributed by atoms with Crippen LogP contribution in [0.1, 0.15) is 45.4 Å². The van der Waals surface area contributed by atoms with E-state index in [0.29, 0.717) is 12.0 Å². The maximum Gasteiger partial charge on any atom is 0.135 e. The van der Waals surface area contributed by atoms with E-state index in [1.165, 1.54) is 12.8 Å². The Kier molecular flexibility index (Phi) is 5.17. The van der Waals surface area contributed by atoms with Gasteiger partial charge >= 0.3 is 0 Å². The molecule has 1 aromatic rings. The van der Waals surface area contributed by atoms with Gasteiger partial charge in [0.05, 0.1) is 6.61 Å². The number of ether oxygens (including phenoxy) is 1. The van der Waals surface area contributed by atoms with E-state index in [4.69, 9.17) is 9.72 Å². The Balaban J connectivity index is 2.26. The summed E-state index contributed by atoms with van der Waals surface area (Å²) in [6.45, 7) is 8.84. The Morgan fingerprint density at radius 2 is 2.15 bits per heavy atom. The lowest BCUT2D eigenvalue weighted by molar-refractivity contribution is 0.204. The fourth-order valence-corrected chi connectivity index (χ4v) is 2.19. The van der Waals surface area contributed by atoms with Crippen LogP contribution in [-0.4, -0.2) is 42.8 Å². The SMILES string of the molecule is CCNc1cc(N(CCOC)C2CC2)nc(C(C)C)n1. The highest BCUT2D eigenvalue weighted by atomic mass is 16.5. The van der Waals surface area contributed by atoms with E-state index < -0.39 is 0 Å². The van der Waals surface area contributed by atoms with Crippen molar-refractivity contribution in [2.24, 2.45) is 0 Å². The third-order valence-electron chi connectivity index (χ3n) is 3.42. The molecule has 0 saturated heterocycles. The molecule has 0 radical (unpaired) electrons. The molecule has 1 aliphatic rings. The van der Waals surface area contributed by atoms with Gasteiger partial charge in [-0.15, -0.1) is 0 Å². The first-order chi connectivity index (χ1) is 9.65. The van der Waals surface area contributed by atoms with Gasteiger partial charge in [0.1, 0.15) is 17.5 Å².